The highest BCUT2D eigenvalue weighted by Gasteiger charge is 2.43. The summed E-state index contributed by atoms with van der Waals surface area (Å²) < 4.78 is 42.8. The van der Waals surface area contributed by atoms with Crippen LogP contribution in [0.2, 0.25) is 0 Å². The van der Waals surface area contributed by atoms with Gasteiger partial charge in [0.05, 0.1) is 22.9 Å². The van der Waals surface area contributed by atoms with E-state index in [1.165, 1.54) is 15.6 Å². The van der Waals surface area contributed by atoms with Crippen molar-refractivity contribution in [3.8, 4) is 0 Å². The molecule has 266 valence electrons. The fraction of sp³-hybridized carbons (Fsp3) is 0.333. The first kappa shape index (κ1) is 35.3. The van der Waals surface area contributed by atoms with Gasteiger partial charge in [-0.05, 0) is 108 Å². The SMILES string of the molecule is CCOC(=O)c1oc2ccc(S(=O)(=O)N(CCc3ccccc3)c3ccccc3N3CCC4(CCN(C(=O)c5sccc5Br)C4)CC3)cc2c1C. The van der Waals surface area contributed by atoms with Crippen LogP contribution in [0.15, 0.2) is 98.0 Å². The fourth-order valence-corrected chi connectivity index (χ4v) is 10.4. The van der Waals surface area contributed by atoms with Crippen LogP contribution in [-0.2, 0) is 21.2 Å². The van der Waals surface area contributed by atoms with E-state index in [1.807, 2.05) is 70.9 Å². The third kappa shape index (κ3) is 6.93. The Morgan fingerprint density at radius 3 is 2.43 bits per heavy atom. The van der Waals surface area contributed by atoms with E-state index >= 15 is 0 Å². The zero-order valence-electron chi connectivity index (χ0n) is 28.6. The lowest BCUT2D eigenvalue weighted by Gasteiger charge is -2.41. The van der Waals surface area contributed by atoms with Crippen molar-refractivity contribution >= 4 is 71.5 Å². The summed E-state index contributed by atoms with van der Waals surface area (Å²) in [5.74, 6) is -0.420. The molecule has 0 N–H and O–H groups in total. The zero-order chi connectivity index (χ0) is 35.8. The number of halogens is 1. The Bertz CT molecular complexity index is 2170. The van der Waals surface area contributed by atoms with E-state index in [-0.39, 0.29) is 35.1 Å². The number of sulfonamides is 1. The average Bonchev–Trinajstić information content (AvgIpc) is 3.86. The molecule has 51 heavy (non-hydrogen) atoms. The molecule has 9 nitrogen and oxygen atoms in total. The highest BCUT2D eigenvalue weighted by molar-refractivity contribution is 9.10. The highest BCUT2D eigenvalue weighted by atomic mass is 79.9. The lowest BCUT2D eigenvalue weighted by molar-refractivity contribution is 0.0491. The van der Waals surface area contributed by atoms with Crippen molar-refractivity contribution in [2.45, 2.75) is 44.4 Å². The maximum atomic E-state index is 14.8. The third-order valence-corrected chi connectivity index (χ3v) is 13.9. The van der Waals surface area contributed by atoms with Crippen molar-refractivity contribution in [3.05, 3.63) is 110 Å². The molecule has 5 aromatic rings. The molecule has 0 aliphatic carbocycles. The van der Waals surface area contributed by atoms with Gasteiger partial charge in [0.25, 0.3) is 15.9 Å². The van der Waals surface area contributed by atoms with Crippen molar-refractivity contribution in [1.29, 1.82) is 0 Å². The molecule has 0 saturated carbocycles. The van der Waals surface area contributed by atoms with Crippen molar-refractivity contribution in [2.75, 3.05) is 48.5 Å². The molecule has 2 fully saturated rings. The van der Waals surface area contributed by atoms with Crippen LogP contribution in [0.25, 0.3) is 11.0 Å². The number of ether oxygens (including phenoxy) is 1. The monoisotopic (exact) mass is 789 g/mol. The Labute approximate surface area is 311 Å². The van der Waals surface area contributed by atoms with Gasteiger partial charge >= 0.3 is 5.97 Å². The minimum Gasteiger partial charge on any atom is -0.460 e. The number of hydrogen-bond donors (Lipinski definition) is 0. The first-order chi connectivity index (χ1) is 24.6. The first-order valence-electron chi connectivity index (χ1n) is 17.2. The second-order valence-corrected chi connectivity index (χ2v) is 16.9. The molecule has 7 rings (SSSR count). The number of hydrogen-bond acceptors (Lipinski definition) is 8. The molecule has 12 heteroatoms. The summed E-state index contributed by atoms with van der Waals surface area (Å²) in [5.41, 5.74) is 3.51. The zero-order valence-corrected chi connectivity index (χ0v) is 31.9. The summed E-state index contributed by atoms with van der Waals surface area (Å²) in [4.78, 5) is 31.0. The minimum atomic E-state index is -4.08. The van der Waals surface area contributed by atoms with Gasteiger partial charge in [0, 0.05) is 48.1 Å². The van der Waals surface area contributed by atoms with E-state index in [0.29, 0.717) is 28.6 Å². The number of rotatable bonds is 10. The van der Waals surface area contributed by atoms with Crippen LogP contribution in [-0.4, -0.2) is 64.5 Å². The number of piperidine rings is 1. The van der Waals surface area contributed by atoms with Crippen molar-refractivity contribution in [1.82, 2.24) is 4.90 Å². The summed E-state index contributed by atoms with van der Waals surface area (Å²) >= 11 is 4.99. The highest BCUT2D eigenvalue weighted by Crippen LogP contribution is 2.44. The number of para-hydroxylation sites is 2. The molecule has 1 spiro atoms. The van der Waals surface area contributed by atoms with Gasteiger partial charge in [-0.25, -0.2) is 13.2 Å². The minimum absolute atomic E-state index is 0.0458. The summed E-state index contributed by atoms with van der Waals surface area (Å²) in [6.07, 6.45) is 3.30. The van der Waals surface area contributed by atoms with E-state index in [4.69, 9.17) is 9.15 Å². The summed E-state index contributed by atoms with van der Waals surface area (Å²) in [6, 6.07) is 24.3. The number of thiophene rings is 1. The van der Waals surface area contributed by atoms with Crippen molar-refractivity contribution in [3.63, 3.8) is 0 Å². The Balaban J connectivity index is 1.17. The van der Waals surface area contributed by atoms with Gasteiger partial charge < -0.3 is 19.0 Å². The number of amides is 1. The van der Waals surface area contributed by atoms with Gasteiger partial charge in [0.15, 0.2) is 0 Å². The number of esters is 1. The van der Waals surface area contributed by atoms with Crippen LogP contribution in [0, 0.1) is 12.3 Å². The number of likely N-dealkylation sites (tertiary alicyclic amines) is 1. The lowest BCUT2D eigenvalue weighted by Crippen LogP contribution is -2.43. The predicted molar refractivity (Wildman–Crippen MR) is 204 cm³/mol. The van der Waals surface area contributed by atoms with E-state index in [1.54, 1.807) is 32.0 Å². The Morgan fingerprint density at radius 1 is 0.980 bits per heavy atom. The lowest BCUT2D eigenvalue weighted by atomic mass is 9.77. The number of fused-ring (bicyclic) bond motifs is 1. The Hall–Kier alpha value is -4.13. The molecule has 1 amide bonds. The topological polar surface area (TPSA) is 100 Å². The molecular formula is C39H40BrN3O6S2. The second kappa shape index (κ2) is 14.5. The molecule has 0 radical (unpaired) electrons. The number of nitrogens with zero attached hydrogens (tertiary/aromatic N) is 3. The van der Waals surface area contributed by atoms with Gasteiger partial charge in [0.1, 0.15) is 10.5 Å². The van der Waals surface area contributed by atoms with Crippen LogP contribution in [0.3, 0.4) is 0 Å². The van der Waals surface area contributed by atoms with E-state index in [0.717, 1.165) is 66.0 Å². The summed E-state index contributed by atoms with van der Waals surface area (Å²) in [7, 11) is -4.08. The Kier molecular flexibility index (Phi) is 10.0. The standard InChI is InChI=1S/C39H40BrN3O6S2/c1-3-48-38(45)35-27(2)30-25-29(13-14-34(30)49-35)51(46,47)43(20-15-28-9-5-4-6-10-28)33-12-8-7-11-32(33)41-21-17-39(18-22-41)19-23-42(26-39)37(44)36-31(40)16-24-50-36/h4-14,16,24-25H,3,15,17-23,26H2,1-2H3. The Morgan fingerprint density at radius 2 is 1.71 bits per heavy atom. The van der Waals surface area contributed by atoms with E-state index < -0.39 is 16.0 Å². The number of aryl methyl sites for hydroxylation is 1. The van der Waals surface area contributed by atoms with E-state index in [2.05, 4.69) is 20.8 Å². The first-order valence-corrected chi connectivity index (χ1v) is 20.3. The van der Waals surface area contributed by atoms with Gasteiger partial charge in [0.2, 0.25) is 5.76 Å². The number of benzene rings is 3. The normalized spacial score (nSPS) is 15.8. The third-order valence-electron chi connectivity index (χ3n) is 10.3. The largest absolute Gasteiger partial charge is 0.460 e. The van der Waals surface area contributed by atoms with Crippen LogP contribution in [0.4, 0.5) is 11.4 Å². The smallest absolute Gasteiger partial charge is 0.374 e. The second-order valence-electron chi connectivity index (χ2n) is 13.3. The summed E-state index contributed by atoms with van der Waals surface area (Å²) in [5, 5.41) is 2.48. The summed E-state index contributed by atoms with van der Waals surface area (Å²) in [6.45, 7) is 6.88. The van der Waals surface area contributed by atoms with Gasteiger partial charge in [-0.1, -0.05) is 42.5 Å². The van der Waals surface area contributed by atoms with Crippen LogP contribution >= 0.6 is 27.3 Å². The fourth-order valence-electron chi connectivity index (χ4n) is 7.40. The molecule has 0 atom stereocenters. The molecule has 2 aliphatic rings. The van der Waals surface area contributed by atoms with Gasteiger partial charge in [-0.2, -0.15) is 0 Å². The maximum Gasteiger partial charge on any atom is 0.374 e. The van der Waals surface area contributed by atoms with Crippen LogP contribution < -0.4 is 9.21 Å². The molecule has 0 bridgehead atoms. The molecular weight excluding hydrogens is 750 g/mol. The van der Waals surface area contributed by atoms with Crippen molar-refractivity contribution in [2.24, 2.45) is 5.41 Å². The average molecular weight is 791 g/mol. The molecule has 2 aromatic heterocycles. The molecule has 2 aliphatic heterocycles. The maximum absolute atomic E-state index is 14.8. The molecule has 4 heterocycles. The van der Waals surface area contributed by atoms with Crippen molar-refractivity contribution < 1.29 is 27.2 Å². The van der Waals surface area contributed by atoms with Crippen LogP contribution in [0.5, 0.6) is 0 Å². The quantitative estimate of drug-likeness (QED) is 0.131. The molecule has 0 unspecified atom stereocenters. The molecule has 2 saturated heterocycles. The number of anilines is 2. The van der Waals surface area contributed by atoms with Gasteiger partial charge in [-0.15, -0.1) is 11.3 Å². The van der Waals surface area contributed by atoms with Gasteiger partial charge in [-0.3, -0.25) is 9.10 Å². The number of carbonyl (C=O) groups excluding carboxylic acids is 2. The number of furan rings is 1. The molecule has 3 aromatic carbocycles. The number of carbonyl (C=O) groups is 2. The van der Waals surface area contributed by atoms with E-state index in [9.17, 15) is 18.0 Å². The predicted octanol–water partition coefficient (Wildman–Crippen LogP) is 8.31. The van der Waals surface area contributed by atoms with Crippen LogP contribution in [0.1, 0.15) is 57.5 Å².